The van der Waals surface area contributed by atoms with Gasteiger partial charge in [0.25, 0.3) is 0 Å². The second-order valence-electron chi connectivity index (χ2n) is 5.01. The molecule has 0 aromatic heterocycles. The van der Waals surface area contributed by atoms with Crippen LogP contribution in [0.2, 0.25) is 0 Å². The molecule has 19 heavy (non-hydrogen) atoms. The summed E-state index contributed by atoms with van der Waals surface area (Å²) in [5.74, 6) is 0.881. The lowest BCUT2D eigenvalue weighted by Gasteiger charge is -2.13. The summed E-state index contributed by atoms with van der Waals surface area (Å²) in [4.78, 5) is 0. The third kappa shape index (κ3) is 3.74. The number of rotatable bonds is 4. The molecule has 0 aliphatic rings. The predicted molar refractivity (Wildman–Crippen MR) is 81.1 cm³/mol. The summed E-state index contributed by atoms with van der Waals surface area (Å²) >= 11 is 6.50. The van der Waals surface area contributed by atoms with E-state index in [0.29, 0.717) is 0 Å². The van der Waals surface area contributed by atoms with Crippen molar-refractivity contribution in [3.8, 4) is 5.75 Å². The maximum atomic E-state index is 6.50. The van der Waals surface area contributed by atoms with Gasteiger partial charge in [-0.1, -0.05) is 42.0 Å². The van der Waals surface area contributed by atoms with E-state index in [1.165, 1.54) is 5.56 Å². The SMILES string of the molecule is Cc1ccc(C(Cl)c2ccc(OC(C)C)cc2)cc1. The van der Waals surface area contributed by atoms with Crippen LogP contribution >= 0.6 is 11.6 Å². The zero-order valence-electron chi connectivity index (χ0n) is 11.6. The van der Waals surface area contributed by atoms with Gasteiger partial charge in [-0.3, -0.25) is 0 Å². The number of hydrogen-bond acceptors (Lipinski definition) is 1. The normalized spacial score (nSPS) is 12.5. The quantitative estimate of drug-likeness (QED) is 0.704. The number of halogens is 1. The summed E-state index contributed by atoms with van der Waals surface area (Å²) in [6, 6.07) is 16.3. The van der Waals surface area contributed by atoms with E-state index in [4.69, 9.17) is 16.3 Å². The van der Waals surface area contributed by atoms with Gasteiger partial charge in [0.15, 0.2) is 0 Å². The van der Waals surface area contributed by atoms with Crippen molar-refractivity contribution < 1.29 is 4.74 Å². The maximum absolute atomic E-state index is 6.50. The lowest BCUT2D eigenvalue weighted by molar-refractivity contribution is 0.242. The lowest BCUT2D eigenvalue weighted by Crippen LogP contribution is -2.05. The molecule has 0 bridgehead atoms. The Morgan fingerprint density at radius 1 is 0.842 bits per heavy atom. The van der Waals surface area contributed by atoms with E-state index in [1.54, 1.807) is 0 Å². The second-order valence-corrected chi connectivity index (χ2v) is 5.45. The Bertz CT molecular complexity index is 514. The first-order valence-electron chi connectivity index (χ1n) is 6.53. The standard InChI is InChI=1S/C17H19ClO/c1-12(2)19-16-10-8-15(9-11-16)17(18)14-6-4-13(3)5-7-14/h4-12,17H,1-3H3. The van der Waals surface area contributed by atoms with Crippen molar-refractivity contribution in [2.75, 3.05) is 0 Å². The fourth-order valence-electron chi connectivity index (χ4n) is 1.92. The third-order valence-electron chi connectivity index (χ3n) is 2.91. The van der Waals surface area contributed by atoms with Crippen LogP contribution in [0.3, 0.4) is 0 Å². The summed E-state index contributed by atoms with van der Waals surface area (Å²) in [5.41, 5.74) is 3.44. The lowest BCUT2D eigenvalue weighted by atomic mass is 10.0. The fourth-order valence-corrected chi connectivity index (χ4v) is 2.21. The van der Waals surface area contributed by atoms with Crippen LogP contribution in [0.1, 0.15) is 35.9 Å². The molecule has 2 heteroatoms. The van der Waals surface area contributed by atoms with Crippen LogP contribution in [-0.4, -0.2) is 6.10 Å². The van der Waals surface area contributed by atoms with Crippen LogP contribution in [0, 0.1) is 6.92 Å². The minimum Gasteiger partial charge on any atom is -0.491 e. The number of benzene rings is 2. The van der Waals surface area contributed by atoms with Gasteiger partial charge in [0.1, 0.15) is 5.75 Å². The first kappa shape index (κ1) is 14.0. The highest BCUT2D eigenvalue weighted by atomic mass is 35.5. The molecular formula is C17H19ClO. The largest absolute Gasteiger partial charge is 0.491 e. The number of hydrogen-bond donors (Lipinski definition) is 0. The van der Waals surface area contributed by atoms with Gasteiger partial charge in [-0.15, -0.1) is 11.6 Å². The summed E-state index contributed by atoms with van der Waals surface area (Å²) in [6.07, 6.45) is 0.190. The second kappa shape index (κ2) is 6.12. The van der Waals surface area contributed by atoms with E-state index in [9.17, 15) is 0 Å². The maximum Gasteiger partial charge on any atom is 0.119 e. The molecule has 0 heterocycles. The molecule has 0 spiro atoms. The first-order valence-corrected chi connectivity index (χ1v) is 6.97. The van der Waals surface area contributed by atoms with E-state index in [1.807, 2.05) is 38.1 Å². The molecule has 0 N–H and O–H groups in total. The molecule has 2 rings (SSSR count). The van der Waals surface area contributed by atoms with E-state index in [2.05, 4.69) is 31.2 Å². The molecular weight excluding hydrogens is 256 g/mol. The molecule has 100 valence electrons. The zero-order chi connectivity index (χ0) is 13.8. The Labute approximate surface area is 120 Å². The summed E-state index contributed by atoms with van der Waals surface area (Å²) in [6.45, 7) is 6.11. The van der Waals surface area contributed by atoms with Gasteiger partial charge >= 0.3 is 0 Å². The first-order chi connectivity index (χ1) is 9.06. The molecule has 2 aromatic carbocycles. The molecule has 1 atom stereocenters. The Morgan fingerprint density at radius 3 is 1.79 bits per heavy atom. The van der Waals surface area contributed by atoms with Crippen LogP contribution in [-0.2, 0) is 0 Å². The van der Waals surface area contributed by atoms with Crippen LogP contribution in [0.5, 0.6) is 5.75 Å². The van der Waals surface area contributed by atoms with Gasteiger partial charge in [-0.25, -0.2) is 0 Å². The van der Waals surface area contributed by atoms with Crippen LogP contribution in [0.15, 0.2) is 48.5 Å². The van der Waals surface area contributed by atoms with Crippen LogP contribution < -0.4 is 4.74 Å². The molecule has 0 aliphatic heterocycles. The highest BCUT2D eigenvalue weighted by molar-refractivity contribution is 6.22. The average molecular weight is 275 g/mol. The van der Waals surface area contributed by atoms with Crippen LogP contribution in [0.25, 0.3) is 0 Å². The average Bonchev–Trinajstić information content (AvgIpc) is 2.39. The topological polar surface area (TPSA) is 9.23 Å². The van der Waals surface area contributed by atoms with Gasteiger partial charge in [0.2, 0.25) is 0 Å². The number of ether oxygens (including phenoxy) is 1. The molecule has 0 amide bonds. The minimum absolute atomic E-state index is 0.117. The summed E-state index contributed by atoms with van der Waals surface area (Å²) in [5, 5.41) is -0.117. The zero-order valence-corrected chi connectivity index (χ0v) is 12.3. The van der Waals surface area contributed by atoms with E-state index in [0.717, 1.165) is 16.9 Å². The molecule has 0 radical (unpaired) electrons. The highest BCUT2D eigenvalue weighted by Gasteiger charge is 2.10. The minimum atomic E-state index is -0.117. The Kier molecular flexibility index (Phi) is 4.49. The van der Waals surface area contributed by atoms with E-state index in [-0.39, 0.29) is 11.5 Å². The highest BCUT2D eigenvalue weighted by Crippen LogP contribution is 2.30. The van der Waals surface area contributed by atoms with Crippen molar-refractivity contribution >= 4 is 11.6 Å². The molecule has 1 unspecified atom stereocenters. The van der Waals surface area contributed by atoms with Crippen molar-refractivity contribution in [1.29, 1.82) is 0 Å². The van der Waals surface area contributed by atoms with Gasteiger partial charge in [0, 0.05) is 0 Å². The molecule has 2 aromatic rings. The van der Waals surface area contributed by atoms with Gasteiger partial charge in [-0.2, -0.15) is 0 Å². The van der Waals surface area contributed by atoms with E-state index >= 15 is 0 Å². The number of aryl methyl sites for hydroxylation is 1. The van der Waals surface area contributed by atoms with Gasteiger partial charge < -0.3 is 4.74 Å². The van der Waals surface area contributed by atoms with E-state index < -0.39 is 0 Å². The summed E-state index contributed by atoms with van der Waals surface area (Å²) < 4.78 is 5.63. The van der Waals surface area contributed by atoms with Crippen molar-refractivity contribution in [1.82, 2.24) is 0 Å². The molecule has 1 nitrogen and oxygen atoms in total. The predicted octanol–water partition coefficient (Wildman–Crippen LogP) is 5.11. The molecule has 0 aliphatic carbocycles. The molecule has 0 fully saturated rings. The number of alkyl halides is 1. The van der Waals surface area contributed by atoms with Crippen molar-refractivity contribution in [2.45, 2.75) is 32.3 Å². The molecule has 0 saturated heterocycles. The summed E-state index contributed by atoms with van der Waals surface area (Å²) in [7, 11) is 0. The Balaban J connectivity index is 2.15. The third-order valence-corrected chi connectivity index (χ3v) is 3.42. The van der Waals surface area contributed by atoms with Crippen molar-refractivity contribution in [3.05, 3.63) is 65.2 Å². The monoisotopic (exact) mass is 274 g/mol. The van der Waals surface area contributed by atoms with Crippen molar-refractivity contribution in [2.24, 2.45) is 0 Å². The van der Waals surface area contributed by atoms with Gasteiger partial charge in [0.05, 0.1) is 11.5 Å². The Hall–Kier alpha value is -1.47. The molecule has 0 saturated carbocycles. The van der Waals surface area contributed by atoms with Crippen LogP contribution in [0.4, 0.5) is 0 Å². The fraction of sp³-hybridized carbons (Fsp3) is 0.294. The van der Waals surface area contributed by atoms with Gasteiger partial charge in [-0.05, 0) is 44.0 Å². The Morgan fingerprint density at radius 2 is 1.32 bits per heavy atom. The van der Waals surface area contributed by atoms with Crippen molar-refractivity contribution in [3.63, 3.8) is 0 Å². The smallest absolute Gasteiger partial charge is 0.119 e.